The zero-order valence-electron chi connectivity index (χ0n) is 17.1. The van der Waals surface area contributed by atoms with E-state index in [0.717, 1.165) is 0 Å². The Kier molecular flexibility index (Phi) is 6.20. The van der Waals surface area contributed by atoms with E-state index in [9.17, 15) is 10.2 Å². The maximum atomic E-state index is 12.0. The molecule has 3 rings (SSSR count). The van der Waals surface area contributed by atoms with Crippen molar-refractivity contribution in [3.05, 3.63) is 108 Å². The standard InChI is InChI=1S/C25H28O4/c1-4-23(28-2,29-3)25(26,27)24(20-14-8-5-9-15-20,21-16-10-6-11-17-21)22-18-12-7-13-19-22/h5-19,26-27H,4H2,1-3H3. The molecule has 0 unspecified atom stereocenters. The highest BCUT2D eigenvalue weighted by molar-refractivity contribution is 5.53. The molecule has 4 heteroatoms. The number of rotatable bonds is 8. The van der Waals surface area contributed by atoms with Gasteiger partial charge in [0.05, 0.1) is 0 Å². The predicted molar refractivity (Wildman–Crippen MR) is 113 cm³/mol. The molecule has 0 amide bonds. The van der Waals surface area contributed by atoms with Crippen molar-refractivity contribution in [1.29, 1.82) is 0 Å². The van der Waals surface area contributed by atoms with Crippen LogP contribution < -0.4 is 0 Å². The average molecular weight is 392 g/mol. The molecule has 0 aromatic heterocycles. The van der Waals surface area contributed by atoms with E-state index >= 15 is 0 Å². The lowest BCUT2D eigenvalue weighted by Gasteiger charge is -2.52. The first kappa shape index (κ1) is 21.2. The molecular weight excluding hydrogens is 364 g/mol. The molecule has 0 aliphatic carbocycles. The van der Waals surface area contributed by atoms with E-state index in [0.29, 0.717) is 16.7 Å². The minimum Gasteiger partial charge on any atom is -0.360 e. The van der Waals surface area contributed by atoms with Gasteiger partial charge in [0.1, 0.15) is 5.41 Å². The SMILES string of the molecule is CCC(OC)(OC)C(O)(O)C(c1ccccc1)(c1ccccc1)c1ccccc1. The number of methoxy groups -OCH3 is 2. The Morgan fingerprint density at radius 2 is 0.931 bits per heavy atom. The van der Waals surface area contributed by atoms with E-state index in [1.54, 1.807) is 6.92 Å². The quantitative estimate of drug-likeness (QED) is 0.448. The van der Waals surface area contributed by atoms with Crippen molar-refractivity contribution < 1.29 is 19.7 Å². The Labute approximate surface area is 172 Å². The van der Waals surface area contributed by atoms with Gasteiger partial charge in [-0.1, -0.05) is 97.9 Å². The first-order chi connectivity index (χ1) is 14.0. The van der Waals surface area contributed by atoms with Crippen molar-refractivity contribution in [2.75, 3.05) is 14.2 Å². The van der Waals surface area contributed by atoms with Gasteiger partial charge in [0, 0.05) is 20.6 Å². The molecule has 0 saturated heterocycles. The molecule has 152 valence electrons. The number of hydrogen-bond donors (Lipinski definition) is 2. The zero-order chi connectivity index (χ0) is 21.0. The van der Waals surface area contributed by atoms with Gasteiger partial charge in [-0.3, -0.25) is 0 Å². The van der Waals surface area contributed by atoms with Crippen LogP contribution in [0.15, 0.2) is 91.0 Å². The summed E-state index contributed by atoms with van der Waals surface area (Å²) >= 11 is 0. The van der Waals surface area contributed by atoms with Gasteiger partial charge in [-0.15, -0.1) is 0 Å². The third-order valence-corrected chi connectivity index (χ3v) is 5.80. The molecule has 3 aromatic rings. The van der Waals surface area contributed by atoms with E-state index in [1.165, 1.54) is 14.2 Å². The molecule has 0 aliphatic rings. The Morgan fingerprint density at radius 3 is 1.17 bits per heavy atom. The van der Waals surface area contributed by atoms with Crippen LogP contribution in [0, 0.1) is 0 Å². The molecule has 0 heterocycles. The van der Waals surface area contributed by atoms with Crippen LogP contribution >= 0.6 is 0 Å². The van der Waals surface area contributed by atoms with Gasteiger partial charge in [-0.25, -0.2) is 0 Å². The largest absolute Gasteiger partial charge is 0.360 e. The average Bonchev–Trinajstić information content (AvgIpc) is 2.78. The fourth-order valence-corrected chi connectivity index (χ4v) is 4.36. The number of hydrogen-bond acceptors (Lipinski definition) is 4. The second-order valence-corrected chi connectivity index (χ2v) is 7.04. The van der Waals surface area contributed by atoms with Crippen molar-refractivity contribution in [2.45, 2.75) is 30.3 Å². The molecule has 0 bridgehead atoms. The molecule has 0 saturated carbocycles. The summed E-state index contributed by atoms with van der Waals surface area (Å²) in [6.45, 7) is 1.81. The monoisotopic (exact) mass is 392 g/mol. The maximum absolute atomic E-state index is 12.0. The topological polar surface area (TPSA) is 58.9 Å². The van der Waals surface area contributed by atoms with Gasteiger partial charge in [0.2, 0.25) is 11.6 Å². The van der Waals surface area contributed by atoms with Crippen LogP contribution in [0.25, 0.3) is 0 Å². The van der Waals surface area contributed by atoms with E-state index in [4.69, 9.17) is 9.47 Å². The smallest absolute Gasteiger partial charge is 0.237 e. The second kappa shape index (κ2) is 8.47. The maximum Gasteiger partial charge on any atom is 0.237 e. The van der Waals surface area contributed by atoms with Crippen LogP contribution in [0.2, 0.25) is 0 Å². The van der Waals surface area contributed by atoms with Crippen molar-refractivity contribution in [1.82, 2.24) is 0 Å². The number of benzene rings is 3. The van der Waals surface area contributed by atoms with Crippen LogP contribution in [0.3, 0.4) is 0 Å². The first-order valence-electron chi connectivity index (χ1n) is 9.71. The lowest BCUT2D eigenvalue weighted by Crippen LogP contribution is -2.68. The molecular formula is C25H28O4. The van der Waals surface area contributed by atoms with Crippen molar-refractivity contribution in [3.63, 3.8) is 0 Å². The van der Waals surface area contributed by atoms with E-state index in [-0.39, 0.29) is 6.42 Å². The molecule has 0 radical (unpaired) electrons. The van der Waals surface area contributed by atoms with E-state index in [1.807, 2.05) is 91.0 Å². The molecule has 0 atom stereocenters. The Balaban J connectivity index is 2.50. The van der Waals surface area contributed by atoms with Gasteiger partial charge >= 0.3 is 0 Å². The summed E-state index contributed by atoms with van der Waals surface area (Å²) in [5, 5.41) is 24.0. The summed E-state index contributed by atoms with van der Waals surface area (Å²) in [6.07, 6.45) is 0.223. The summed E-state index contributed by atoms with van der Waals surface area (Å²) in [4.78, 5) is 0. The van der Waals surface area contributed by atoms with Crippen LogP contribution in [0.4, 0.5) is 0 Å². The molecule has 2 N–H and O–H groups in total. The minimum atomic E-state index is -2.46. The fraction of sp³-hybridized carbons (Fsp3) is 0.280. The summed E-state index contributed by atoms with van der Waals surface area (Å²) in [5.74, 6) is -4.13. The Hall–Kier alpha value is -2.50. The number of aliphatic hydroxyl groups is 2. The van der Waals surface area contributed by atoms with Crippen molar-refractivity contribution in [2.24, 2.45) is 0 Å². The highest BCUT2D eigenvalue weighted by Gasteiger charge is 2.65. The summed E-state index contributed by atoms with van der Waals surface area (Å²) in [5.41, 5.74) is 0.775. The van der Waals surface area contributed by atoms with Gasteiger partial charge in [-0.05, 0) is 16.7 Å². The molecule has 3 aromatic carbocycles. The molecule has 4 nitrogen and oxygen atoms in total. The van der Waals surface area contributed by atoms with Crippen molar-refractivity contribution in [3.8, 4) is 0 Å². The minimum absolute atomic E-state index is 0.223. The molecule has 0 spiro atoms. The summed E-state index contributed by atoms with van der Waals surface area (Å²) < 4.78 is 11.3. The number of ether oxygens (including phenoxy) is 2. The first-order valence-corrected chi connectivity index (χ1v) is 9.71. The Morgan fingerprint density at radius 1 is 0.621 bits per heavy atom. The second-order valence-electron chi connectivity index (χ2n) is 7.04. The molecule has 0 fully saturated rings. The van der Waals surface area contributed by atoms with Crippen LogP contribution in [0.1, 0.15) is 30.0 Å². The third-order valence-electron chi connectivity index (χ3n) is 5.80. The van der Waals surface area contributed by atoms with E-state index in [2.05, 4.69) is 0 Å². The summed E-state index contributed by atoms with van der Waals surface area (Å²) in [7, 11) is 2.86. The lowest BCUT2D eigenvalue weighted by molar-refractivity contribution is -0.389. The third kappa shape index (κ3) is 3.18. The van der Waals surface area contributed by atoms with Gasteiger partial charge in [-0.2, -0.15) is 0 Å². The highest BCUT2D eigenvalue weighted by atomic mass is 16.7. The van der Waals surface area contributed by atoms with Crippen LogP contribution in [-0.4, -0.2) is 36.0 Å². The normalized spacial score (nSPS) is 12.7. The van der Waals surface area contributed by atoms with Gasteiger partial charge in [0.15, 0.2) is 0 Å². The van der Waals surface area contributed by atoms with Gasteiger partial charge in [0.25, 0.3) is 0 Å². The van der Waals surface area contributed by atoms with Crippen molar-refractivity contribution >= 4 is 0 Å². The predicted octanol–water partition coefficient (Wildman–Crippen LogP) is 4.10. The fourth-order valence-electron chi connectivity index (χ4n) is 4.36. The van der Waals surface area contributed by atoms with Gasteiger partial charge < -0.3 is 19.7 Å². The zero-order valence-corrected chi connectivity index (χ0v) is 17.1. The van der Waals surface area contributed by atoms with E-state index < -0.39 is 17.0 Å². The lowest BCUT2D eigenvalue weighted by atomic mass is 9.61. The Bertz CT molecular complexity index is 783. The highest BCUT2D eigenvalue weighted by Crippen LogP contribution is 2.52. The summed E-state index contributed by atoms with van der Waals surface area (Å²) in [6, 6.07) is 28.4. The molecule has 0 aliphatic heterocycles. The molecule has 29 heavy (non-hydrogen) atoms. The van der Waals surface area contributed by atoms with Crippen LogP contribution in [-0.2, 0) is 14.9 Å². The van der Waals surface area contributed by atoms with Crippen LogP contribution in [0.5, 0.6) is 0 Å².